The van der Waals surface area contributed by atoms with Crippen molar-refractivity contribution in [3.05, 3.63) is 63.1 Å². The summed E-state index contributed by atoms with van der Waals surface area (Å²) in [7, 11) is 0. The molecule has 1 spiro atoms. The van der Waals surface area contributed by atoms with Crippen molar-refractivity contribution < 1.29 is 42.2 Å². The number of hydrogen-bond acceptors (Lipinski definition) is 9. The summed E-state index contributed by atoms with van der Waals surface area (Å²) in [5.41, 5.74) is -1.58. The molecule has 4 heterocycles. The summed E-state index contributed by atoms with van der Waals surface area (Å²) in [6, 6.07) is 2.14. The molecule has 45 heavy (non-hydrogen) atoms. The molecule has 12 nitrogen and oxygen atoms in total. The summed E-state index contributed by atoms with van der Waals surface area (Å²) >= 11 is 0. The maximum absolute atomic E-state index is 14.3. The zero-order valence-electron chi connectivity index (χ0n) is 25.6. The van der Waals surface area contributed by atoms with Gasteiger partial charge in [-0.25, -0.2) is 13.6 Å². The molecular weight excluding hydrogens is 594 g/mol. The Labute approximate surface area is 258 Å². The highest BCUT2D eigenvalue weighted by Gasteiger charge is 2.54. The zero-order chi connectivity index (χ0) is 32.5. The van der Waals surface area contributed by atoms with Gasteiger partial charge in [0.25, 0.3) is 11.8 Å². The molecule has 3 atom stereocenters. The Kier molecular flexibility index (Phi) is 9.12. The molecular formula is C31H36F2N4O8. The lowest BCUT2D eigenvalue weighted by Crippen LogP contribution is -2.52. The van der Waals surface area contributed by atoms with Gasteiger partial charge in [0.2, 0.25) is 18.0 Å². The van der Waals surface area contributed by atoms with Gasteiger partial charge < -0.3 is 33.8 Å². The second-order valence-corrected chi connectivity index (χ2v) is 12.1. The molecule has 1 aromatic carbocycles. The van der Waals surface area contributed by atoms with Crippen LogP contribution in [-0.2, 0) is 20.9 Å². The minimum atomic E-state index is -1.02. The Morgan fingerprint density at radius 1 is 1.22 bits per heavy atom. The Morgan fingerprint density at radius 3 is 2.69 bits per heavy atom. The second-order valence-electron chi connectivity index (χ2n) is 12.1. The van der Waals surface area contributed by atoms with E-state index in [0.29, 0.717) is 37.7 Å². The molecule has 1 aromatic heterocycles. The predicted molar refractivity (Wildman–Crippen MR) is 156 cm³/mol. The second kappa shape index (κ2) is 12.9. The third kappa shape index (κ3) is 6.50. The van der Waals surface area contributed by atoms with E-state index in [0.717, 1.165) is 11.8 Å². The first-order chi connectivity index (χ1) is 21.4. The van der Waals surface area contributed by atoms with E-state index in [2.05, 4.69) is 10.5 Å². The van der Waals surface area contributed by atoms with Gasteiger partial charge in [-0.2, -0.15) is 0 Å². The first-order valence-electron chi connectivity index (χ1n) is 14.9. The molecule has 0 aliphatic carbocycles. The lowest BCUT2D eigenvalue weighted by atomic mass is 9.84. The number of ether oxygens (including phenoxy) is 3. The zero-order valence-corrected chi connectivity index (χ0v) is 25.6. The molecule has 0 radical (unpaired) electrons. The van der Waals surface area contributed by atoms with Crippen molar-refractivity contribution >= 4 is 23.7 Å². The molecule has 3 aliphatic heterocycles. The fourth-order valence-corrected chi connectivity index (χ4v) is 5.90. The van der Waals surface area contributed by atoms with Crippen molar-refractivity contribution in [3.8, 4) is 5.75 Å². The van der Waals surface area contributed by atoms with Crippen LogP contribution in [0.3, 0.4) is 0 Å². The van der Waals surface area contributed by atoms with Gasteiger partial charge in [-0.05, 0) is 45.1 Å². The lowest BCUT2D eigenvalue weighted by molar-refractivity contribution is -0.0658. The van der Waals surface area contributed by atoms with Crippen LogP contribution >= 0.6 is 0 Å². The molecule has 0 unspecified atom stereocenters. The minimum absolute atomic E-state index is 0.00169. The van der Waals surface area contributed by atoms with Crippen LogP contribution in [0.25, 0.3) is 0 Å². The summed E-state index contributed by atoms with van der Waals surface area (Å²) < 4.78 is 44.8. The number of pyridine rings is 1. The number of nitrogens with one attached hydrogen (secondary N) is 1. The summed E-state index contributed by atoms with van der Waals surface area (Å²) in [5, 5.41) is 6.68. The molecule has 2 bridgehead atoms. The highest BCUT2D eigenvalue weighted by Crippen LogP contribution is 2.46. The molecule has 1 saturated heterocycles. The van der Waals surface area contributed by atoms with Crippen molar-refractivity contribution in [2.75, 3.05) is 19.9 Å². The normalized spacial score (nSPS) is 22.0. The lowest BCUT2D eigenvalue weighted by Gasteiger charge is -2.42. The van der Waals surface area contributed by atoms with Crippen molar-refractivity contribution in [3.63, 3.8) is 0 Å². The highest BCUT2D eigenvalue weighted by atomic mass is 19.1. The van der Waals surface area contributed by atoms with Gasteiger partial charge in [0.05, 0.1) is 18.4 Å². The van der Waals surface area contributed by atoms with Crippen LogP contribution in [0.4, 0.5) is 13.6 Å². The summed E-state index contributed by atoms with van der Waals surface area (Å²) in [4.78, 5) is 60.9. The van der Waals surface area contributed by atoms with Crippen LogP contribution in [0.15, 0.2) is 34.3 Å². The molecule has 2 aromatic rings. The number of hydrogen-bond donors (Lipinski definition) is 1. The van der Waals surface area contributed by atoms with E-state index in [1.54, 1.807) is 4.90 Å². The molecule has 0 saturated carbocycles. The third-order valence-corrected chi connectivity index (χ3v) is 8.42. The van der Waals surface area contributed by atoms with Crippen molar-refractivity contribution in [1.29, 1.82) is 0 Å². The predicted octanol–water partition coefficient (Wildman–Crippen LogP) is 4.31. The topological polar surface area (TPSA) is 138 Å². The van der Waals surface area contributed by atoms with E-state index in [-0.39, 0.29) is 37.0 Å². The SMILES string of the molecule is CC1=NO[C@@]2(CC[C@H](C)N3C[C@H]2n2cc(C(=O)NCc4ccc(F)cc4F)c(=O)c(OCOC(=O)OCCC(C)C)c2C3=O)C1. The quantitative estimate of drug-likeness (QED) is 0.320. The fourth-order valence-electron chi connectivity index (χ4n) is 5.90. The van der Waals surface area contributed by atoms with Crippen LogP contribution in [-0.4, -0.2) is 64.7 Å². The molecule has 242 valence electrons. The number of nitrogens with zero attached hydrogens (tertiary/aromatic N) is 3. The van der Waals surface area contributed by atoms with E-state index in [9.17, 15) is 28.0 Å². The van der Waals surface area contributed by atoms with Gasteiger partial charge in [0.1, 0.15) is 17.2 Å². The Bertz CT molecular complexity index is 1590. The number of oxime groups is 1. The molecule has 1 N–H and O–H groups in total. The van der Waals surface area contributed by atoms with E-state index < -0.39 is 64.8 Å². The van der Waals surface area contributed by atoms with Crippen molar-refractivity contribution in [1.82, 2.24) is 14.8 Å². The molecule has 1 fully saturated rings. The molecule has 2 amide bonds. The van der Waals surface area contributed by atoms with Gasteiger partial charge in [0, 0.05) is 43.4 Å². The molecule has 5 rings (SSSR count). The van der Waals surface area contributed by atoms with Gasteiger partial charge in [-0.3, -0.25) is 14.4 Å². The van der Waals surface area contributed by atoms with Crippen LogP contribution in [0.2, 0.25) is 0 Å². The number of rotatable bonds is 9. The number of halogens is 2. The van der Waals surface area contributed by atoms with Gasteiger partial charge in [-0.15, -0.1) is 0 Å². The number of amides is 2. The first kappa shape index (κ1) is 31.9. The Hall–Kier alpha value is -4.49. The van der Waals surface area contributed by atoms with Gasteiger partial charge in [0.15, 0.2) is 11.3 Å². The number of fused-ring (bicyclic) bond motifs is 5. The monoisotopic (exact) mass is 630 g/mol. The van der Waals surface area contributed by atoms with Crippen LogP contribution in [0.1, 0.15) is 85.8 Å². The molecule has 14 heteroatoms. The largest absolute Gasteiger partial charge is 0.511 e. The van der Waals surface area contributed by atoms with Crippen molar-refractivity contribution in [2.24, 2.45) is 11.1 Å². The average Bonchev–Trinajstić information content (AvgIpc) is 3.31. The van der Waals surface area contributed by atoms with Crippen LogP contribution in [0.5, 0.6) is 5.75 Å². The number of benzene rings is 1. The van der Waals surface area contributed by atoms with Crippen LogP contribution < -0.4 is 15.5 Å². The van der Waals surface area contributed by atoms with E-state index >= 15 is 0 Å². The third-order valence-electron chi connectivity index (χ3n) is 8.42. The highest BCUT2D eigenvalue weighted by molar-refractivity contribution is 5.99. The number of aromatic nitrogens is 1. The van der Waals surface area contributed by atoms with E-state index in [4.69, 9.17) is 19.0 Å². The van der Waals surface area contributed by atoms with Gasteiger partial charge in [-0.1, -0.05) is 25.1 Å². The fraction of sp³-hybridized carbons (Fsp3) is 0.516. The first-order valence-corrected chi connectivity index (χ1v) is 14.9. The van der Waals surface area contributed by atoms with E-state index in [1.807, 2.05) is 27.7 Å². The summed E-state index contributed by atoms with van der Waals surface area (Å²) in [6.07, 6.45) is 2.47. The summed E-state index contributed by atoms with van der Waals surface area (Å²) in [5.74, 6) is -3.23. The minimum Gasteiger partial charge on any atom is -0.451 e. The van der Waals surface area contributed by atoms with Crippen LogP contribution in [0, 0.1) is 17.6 Å². The number of carbonyl (C=O) groups is 3. The summed E-state index contributed by atoms with van der Waals surface area (Å²) in [6.45, 7) is 6.89. The Morgan fingerprint density at radius 2 is 2.00 bits per heavy atom. The Balaban J connectivity index is 1.51. The number of carbonyl (C=O) groups excluding carboxylic acids is 3. The van der Waals surface area contributed by atoms with E-state index in [1.165, 1.54) is 16.8 Å². The molecule has 3 aliphatic rings. The standard InChI is InChI=1S/C31H36F2N4O8/c1-17(2)8-10-42-30(41)44-16-43-27-25-29(40)36-15-24(31(9-7-19(36)4)12-18(3)35-45-31)37(25)14-22(26(27)38)28(39)34-13-20-5-6-21(32)11-23(20)33/h5-6,11,14,17,19,24H,7-10,12-13,15-16H2,1-4H3,(H,34,39)/t19-,24+,31-/m0/s1. The van der Waals surface area contributed by atoms with Crippen molar-refractivity contribution in [2.45, 2.75) is 77.6 Å². The maximum Gasteiger partial charge on any atom is 0.511 e. The smallest absolute Gasteiger partial charge is 0.451 e. The maximum atomic E-state index is 14.3. The average molecular weight is 631 g/mol. The van der Waals surface area contributed by atoms with Gasteiger partial charge >= 0.3 is 6.16 Å².